The highest BCUT2D eigenvalue weighted by molar-refractivity contribution is 7.99. The largest absolute Gasteiger partial charge is 0.465 e. The Morgan fingerprint density at radius 1 is 0.917 bits per heavy atom. The summed E-state index contributed by atoms with van der Waals surface area (Å²) in [7, 11) is 4.91. The fraction of sp³-hybridized carbons (Fsp3) is 0.316. The standard InChI is InChI=1S/C19H23N7O9S/c1-31-9-35-13(27)8-36-17-23-15(22-16(24-17)25-26-19(30)34-4)20-10-5-6-12(21-18(29)33-3)11(7-10)14(28)32-2/h5-7H,8-9H2,1-4H3,(H,21,29)(H,26,30)(H2,20,22,23,24,25). The van der Waals surface area contributed by atoms with Crippen LogP contribution < -0.4 is 21.5 Å². The number of ether oxygens (including phenoxy) is 5. The quantitative estimate of drug-likeness (QED) is 0.108. The topological polar surface area (TPSA) is 201 Å². The van der Waals surface area contributed by atoms with Gasteiger partial charge in [-0.2, -0.15) is 15.0 Å². The van der Waals surface area contributed by atoms with Gasteiger partial charge >= 0.3 is 24.1 Å². The van der Waals surface area contributed by atoms with Crippen molar-refractivity contribution in [2.75, 3.05) is 57.0 Å². The summed E-state index contributed by atoms with van der Waals surface area (Å²) in [6, 6.07) is 4.35. The first-order valence-electron chi connectivity index (χ1n) is 9.77. The first-order chi connectivity index (χ1) is 17.3. The molecule has 2 aromatic rings. The maximum atomic E-state index is 12.2. The zero-order valence-corrected chi connectivity index (χ0v) is 20.4. The summed E-state index contributed by atoms with van der Waals surface area (Å²) in [5, 5.41) is 5.38. The molecule has 0 saturated heterocycles. The molecule has 0 aliphatic rings. The van der Waals surface area contributed by atoms with E-state index in [1.807, 2.05) is 0 Å². The van der Waals surface area contributed by atoms with Crippen molar-refractivity contribution in [3.05, 3.63) is 23.8 Å². The van der Waals surface area contributed by atoms with Gasteiger partial charge in [-0.1, -0.05) is 11.8 Å². The molecule has 17 heteroatoms. The van der Waals surface area contributed by atoms with Crippen molar-refractivity contribution in [1.29, 1.82) is 0 Å². The van der Waals surface area contributed by atoms with Crippen LogP contribution in [0.4, 0.5) is 32.9 Å². The van der Waals surface area contributed by atoms with Crippen LogP contribution in [0.25, 0.3) is 0 Å². The number of hydrazine groups is 1. The Morgan fingerprint density at radius 3 is 2.31 bits per heavy atom. The lowest BCUT2D eigenvalue weighted by Gasteiger charge is -2.13. The van der Waals surface area contributed by atoms with Crippen LogP contribution in [-0.2, 0) is 28.5 Å². The number of carbonyl (C=O) groups is 4. The highest BCUT2D eigenvalue weighted by Crippen LogP contribution is 2.25. The monoisotopic (exact) mass is 525 g/mol. The summed E-state index contributed by atoms with van der Waals surface area (Å²) < 4.78 is 23.3. The predicted octanol–water partition coefficient (Wildman–Crippen LogP) is 1.50. The number of carbonyl (C=O) groups excluding carboxylic acids is 4. The molecule has 0 fully saturated rings. The Hall–Kier alpha value is -4.38. The van der Waals surface area contributed by atoms with E-state index >= 15 is 0 Å². The van der Waals surface area contributed by atoms with E-state index in [2.05, 4.69) is 50.6 Å². The molecule has 0 spiro atoms. The van der Waals surface area contributed by atoms with Gasteiger partial charge in [-0.15, -0.1) is 0 Å². The lowest BCUT2D eigenvalue weighted by atomic mass is 10.1. The first-order valence-corrected chi connectivity index (χ1v) is 10.8. The highest BCUT2D eigenvalue weighted by atomic mass is 32.2. The fourth-order valence-electron chi connectivity index (χ4n) is 2.28. The molecule has 0 radical (unpaired) electrons. The van der Waals surface area contributed by atoms with E-state index in [1.165, 1.54) is 46.6 Å². The Balaban J connectivity index is 2.31. The van der Waals surface area contributed by atoms with Crippen LogP contribution in [0.2, 0.25) is 0 Å². The van der Waals surface area contributed by atoms with Crippen LogP contribution in [0.3, 0.4) is 0 Å². The van der Waals surface area contributed by atoms with Crippen LogP contribution in [0.1, 0.15) is 10.4 Å². The van der Waals surface area contributed by atoms with E-state index in [9.17, 15) is 19.2 Å². The van der Waals surface area contributed by atoms with Crippen LogP contribution in [0.15, 0.2) is 23.4 Å². The minimum Gasteiger partial charge on any atom is -0.465 e. The van der Waals surface area contributed by atoms with Crippen molar-refractivity contribution in [3.63, 3.8) is 0 Å². The molecule has 194 valence electrons. The van der Waals surface area contributed by atoms with Gasteiger partial charge in [0.2, 0.25) is 11.9 Å². The second kappa shape index (κ2) is 14.1. The maximum absolute atomic E-state index is 12.2. The number of hydrogen-bond acceptors (Lipinski definition) is 15. The van der Waals surface area contributed by atoms with Gasteiger partial charge in [0.25, 0.3) is 0 Å². The SMILES string of the molecule is COCOC(=O)CSc1nc(NNC(=O)OC)nc(Nc2ccc(NC(=O)OC)c(C(=O)OC)c2)n1. The molecular weight excluding hydrogens is 502 g/mol. The van der Waals surface area contributed by atoms with Gasteiger partial charge < -0.3 is 29.0 Å². The molecule has 36 heavy (non-hydrogen) atoms. The van der Waals surface area contributed by atoms with E-state index in [-0.39, 0.29) is 40.8 Å². The molecule has 2 amide bonds. The number of rotatable bonds is 11. The van der Waals surface area contributed by atoms with E-state index < -0.39 is 24.1 Å². The maximum Gasteiger partial charge on any atom is 0.425 e. The third kappa shape index (κ3) is 8.76. The van der Waals surface area contributed by atoms with E-state index in [1.54, 1.807) is 0 Å². The Morgan fingerprint density at radius 2 is 1.64 bits per heavy atom. The van der Waals surface area contributed by atoms with Gasteiger partial charge in [-0.3, -0.25) is 15.5 Å². The Bertz CT molecular complexity index is 1100. The number of nitrogens with one attached hydrogen (secondary N) is 4. The van der Waals surface area contributed by atoms with Crippen LogP contribution in [0.5, 0.6) is 0 Å². The fourth-order valence-corrected chi connectivity index (χ4v) is 2.91. The molecule has 0 unspecified atom stereocenters. The molecule has 4 N–H and O–H groups in total. The van der Waals surface area contributed by atoms with Crippen molar-refractivity contribution in [1.82, 2.24) is 20.4 Å². The van der Waals surface area contributed by atoms with Gasteiger partial charge in [-0.25, -0.2) is 19.8 Å². The summed E-state index contributed by atoms with van der Waals surface area (Å²) >= 11 is 0.930. The smallest absolute Gasteiger partial charge is 0.425 e. The Kier molecular flexibility index (Phi) is 10.9. The van der Waals surface area contributed by atoms with Crippen LogP contribution in [0, 0.1) is 0 Å². The van der Waals surface area contributed by atoms with E-state index in [0.717, 1.165) is 11.8 Å². The van der Waals surface area contributed by atoms with E-state index in [0.29, 0.717) is 5.69 Å². The lowest BCUT2D eigenvalue weighted by Crippen LogP contribution is -2.30. The van der Waals surface area contributed by atoms with Gasteiger partial charge in [0.15, 0.2) is 11.9 Å². The molecule has 2 rings (SSSR count). The summed E-state index contributed by atoms with van der Waals surface area (Å²) in [5.74, 6) is -1.55. The second-order valence-corrected chi connectivity index (χ2v) is 7.15. The highest BCUT2D eigenvalue weighted by Gasteiger charge is 2.17. The molecule has 0 aliphatic heterocycles. The molecule has 0 saturated carbocycles. The number of thioether (sulfide) groups is 1. The summed E-state index contributed by atoms with van der Waals surface area (Å²) in [6.45, 7) is -0.206. The summed E-state index contributed by atoms with van der Waals surface area (Å²) in [4.78, 5) is 59.4. The average Bonchev–Trinajstić information content (AvgIpc) is 2.89. The van der Waals surface area contributed by atoms with Crippen molar-refractivity contribution < 1.29 is 42.9 Å². The Labute approximate surface area is 208 Å². The number of methoxy groups -OCH3 is 4. The molecule has 1 heterocycles. The summed E-state index contributed by atoms with van der Waals surface area (Å²) in [6.07, 6.45) is -1.59. The molecule has 0 atom stereocenters. The number of benzene rings is 1. The molecule has 0 bridgehead atoms. The average molecular weight is 526 g/mol. The normalized spacial score (nSPS) is 10.0. The van der Waals surface area contributed by atoms with Crippen molar-refractivity contribution >= 4 is 59.2 Å². The second-order valence-electron chi connectivity index (χ2n) is 6.21. The lowest BCUT2D eigenvalue weighted by molar-refractivity contribution is -0.150. The van der Waals surface area contributed by atoms with Gasteiger partial charge in [0.1, 0.15) is 0 Å². The molecule has 0 aliphatic carbocycles. The molecule has 16 nitrogen and oxygen atoms in total. The van der Waals surface area contributed by atoms with Crippen LogP contribution in [-0.4, -0.2) is 80.1 Å². The molecular formula is C19H23N7O9S. The zero-order chi connectivity index (χ0) is 26.5. The van der Waals surface area contributed by atoms with E-state index in [4.69, 9.17) is 9.47 Å². The third-order valence-electron chi connectivity index (χ3n) is 3.84. The zero-order valence-electron chi connectivity index (χ0n) is 19.6. The number of esters is 2. The van der Waals surface area contributed by atoms with Gasteiger partial charge in [0, 0.05) is 12.8 Å². The third-order valence-corrected chi connectivity index (χ3v) is 4.66. The number of hydrogen-bond donors (Lipinski definition) is 4. The number of aromatic nitrogens is 3. The number of nitrogens with zero attached hydrogens (tertiary/aromatic N) is 3. The minimum atomic E-state index is -0.807. The molecule has 1 aromatic heterocycles. The summed E-state index contributed by atoms with van der Waals surface area (Å²) in [5.41, 5.74) is 5.14. The van der Waals surface area contributed by atoms with Crippen LogP contribution >= 0.6 is 11.8 Å². The minimum absolute atomic E-state index is 0.0168. The first kappa shape index (κ1) is 27.9. The van der Waals surface area contributed by atoms with Crippen molar-refractivity contribution in [2.24, 2.45) is 0 Å². The number of anilines is 4. The van der Waals surface area contributed by atoms with Crippen molar-refractivity contribution in [2.45, 2.75) is 5.16 Å². The van der Waals surface area contributed by atoms with Crippen molar-refractivity contribution in [3.8, 4) is 0 Å². The molecule has 1 aromatic carbocycles. The predicted molar refractivity (Wildman–Crippen MR) is 125 cm³/mol. The number of amides is 2. The van der Waals surface area contributed by atoms with Gasteiger partial charge in [0.05, 0.1) is 38.3 Å². The van der Waals surface area contributed by atoms with Gasteiger partial charge in [-0.05, 0) is 18.2 Å².